The molecule has 112 valence electrons. The number of carboxylic acids is 1. The van der Waals surface area contributed by atoms with Crippen molar-refractivity contribution >= 4 is 33.2 Å². The Morgan fingerprint density at radius 2 is 2.19 bits per heavy atom. The van der Waals surface area contributed by atoms with Crippen molar-refractivity contribution in [3.8, 4) is 0 Å². The monoisotopic (exact) mass is 370 g/mol. The zero-order valence-corrected chi connectivity index (χ0v) is 14.3. The van der Waals surface area contributed by atoms with E-state index in [1.54, 1.807) is 20.8 Å². The summed E-state index contributed by atoms with van der Waals surface area (Å²) in [6, 6.07) is 1.92. The predicted molar refractivity (Wildman–Crippen MR) is 85.1 cm³/mol. The van der Waals surface area contributed by atoms with Crippen molar-refractivity contribution in [3.05, 3.63) is 48.2 Å². The van der Waals surface area contributed by atoms with E-state index in [1.807, 2.05) is 11.4 Å². The molecule has 0 aliphatic rings. The van der Waals surface area contributed by atoms with Crippen molar-refractivity contribution in [1.29, 1.82) is 0 Å². The maximum atomic E-state index is 12.1. The smallest absolute Gasteiger partial charge is 0.348 e. The van der Waals surface area contributed by atoms with Gasteiger partial charge in [0, 0.05) is 26.3 Å². The first-order valence-corrected chi connectivity index (χ1v) is 8.02. The van der Waals surface area contributed by atoms with E-state index in [-0.39, 0.29) is 5.69 Å². The van der Waals surface area contributed by atoms with E-state index < -0.39 is 11.9 Å². The normalized spacial score (nSPS) is 12.4. The molecule has 0 saturated carbocycles. The van der Waals surface area contributed by atoms with E-state index in [2.05, 4.69) is 20.9 Å². The lowest BCUT2D eigenvalue weighted by Crippen LogP contribution is -2.29. The summed E-state index contributed by atoms with van der Waals surface area (Å²) in [5.74, 6) is -1.62. The van der Waals surface area contributed by atoms with Crippen LogP contribution in [0.3, 0.4) is 0 Å². The first kappa shape index (κ1) is 15.9. The predicted octanol–water partition coefficient (Wildman–Crippen LogP) is 2.92. The van der Waals surface area contributed by atoms with Gasteiger partial charge in [-0.1, -0.05) is 0 Å². The largest absolute Gasteiger partial charge is 0.481 e. The van der Waals surface area contributed by atoms with Gasteiger partial charge in [0.15, 0.2) is 0 Å². The fourth-order valence-corrected chi connectivity index (χ4v) is 3.80. The first-order valence-electron chi connectivity index (χ1n) is 6.35. The van der Waals surface area contributed by atoms with Crippen LogP contribution >= 0.6 is 27.3 Å². The van der Waals surface area contributed by atoms with Crippen LogP contribution in [0.15, 0.2) is 20.7 Å². The van der Waals surface area contributed by atoms with Gasteiger partial charge in [0.25, 0.3) is 0 Å². The molecule has 0 bridgehead atoms. The van der Waals surface area contributed by atoms with Crippen molar-refractivity contribution in [2.45, 2.75) is 33.2 Å². The van der Waals surface area contributed by atoms with Gasteiger partial charge in [-0.25, -0.2) is 4.79 Å². The lowest BCUT2D eigenvalue weighted by molar-refractivity contribution is -0.138. The lowest BCUT2D eigenvalue weighted by Gasteiger charge is -2.17. The molecule has 0 aromatic carbocycles. The van der Waals surface area contributed by atoms with Gasteiger partial charge in [-0.15, -0.1) is 11.3 Å². The Bertz CT molecular complexity index is 751. The summed E-state index contributed by atoms with van der Waals surface area (Å²) in [6.45, 7) is 5.44. The Kier molecular flexibility index (Phi) is 4.63. The molecule has 1 atom stereocenters. The molecule has 0 aliphatic heterocycles. The van der Waals surface area contributed by atoms with Crippen LogP contribution in [0.5, 0.6) is 0 Å². The molecular weight excluding hydrogens is 356 g/mol. The third kappa shape index (κ3) is 3.08. The zero-order chi connectivity index (χ0) is 15.7. The number of aliphatic carboxylic acids is 1. The van der Waals surface area contributed by atoms with Gasteiger partial charge < -0.3 is 5.11 Å². The number of thiophene rings is 1. The van der Waals surface area contributed by atoms with Crippen LogP contribution in [0.25, 0.3) is 0 Å². The molecule has 21 heavy (non-hydrogen) atoms. The number of halogens is 1. The van der Waals surface area contributed by atoms with E-state index in [0.717, 1.165) is 9.35 Å². The lowest BCUT2D eigenvalue weighted by atomic mass is 9.98. The Morgan fingerprint density at radius 3 is 2.71 bits per heavy atom. The van der Waals surface area contributed by atoms with Crippen LogP contribution in [-0.4, -0.2) is 20.6 Å². The molecular formula is C14H15BrN2O3S. The summed E-state index contributed by atoms with van der Waals surface area (Å²) in [7, 11) is 0. The molecule has 2 heterocycles. The molecule has 0 aliphatic carbocycles. The fourth-order valence-electron chi connectivity index (χ4n) is 2.33. The van der Waals surface area contributed by atoms with Gasteiger partial charge in [0.2, 0.25) is 0 Å². The molecule has 2 aromatic rings. The number of hydrogen-bond acceptors (Lipinski definition) is 4. The Hall–Kier alpha value is -1.47. The molecule has 0 radical (unpaired) electrons. The van der Waals surface area contributed by atoms with Gasteiger partial charge in [-0.2, -0.15) is 4.98 Å². The standard InChI is InChI=1S/C14H15BrN2O3S/c1-7(13(18)19)12-8(2)16-14(20)17(9(12)3)6-11-10(15)4-5-21-11/h4-5,7H,6H2,1-3H3,(H,18,19). The number of carboxylic acid groups (broad SMARTS) is 1. The third-order valence-corrected chi connectivity index (χ3v) is 5.39. The minimum absolute atomic E-state index is 0.355. The molecule has 0 saturated heterocycles. The number of nitrogens with zero attached hydrogens (tertiary/aromatic N) is 2. The fraction of sp³-hybridized carbons (Fsp3) is 0.357. The van der Waals surface area contributed by atoms with Gasteiger partial charge in [0.05, 0.1) is 12.5 Å². The first-order chi connectivity index (χ1) is 9.82. The average molecular weight is 371 g/mol. The minimum atomic E-state index is -0.925. The second-order valence-electron chi connectivity index (χ2n) is 4.82. The highest BCUT2D eigenvalue weighted by Crippen LogP contribution is 2.25. The molecule has 0 fully saturated rings. The second-order valence-corrected chi connectivity index (χ2v) is 6.67. The van der Waals surface area contributed by atoms with Crippen LogP contribution < -0.4 is 5.69 Å². The Labute approximate surface area is 134 Å². The van der Waals surface area contributed by atoms with Crippen molar-refractivity contribution in [2.24, 2.45) is 0 Å². The topological polar surface area (TPSA) is 72.2 Å². The van der Waals surface area contributed by atoms with Gasteiger partial charge >= 0.3 is 11.7 Å². The van der Waals surface area contributed by atoms with Crippen LogP contribution in [0.2, 0.25) is 0 Å². The SMILES string of the molecule is Cc1nc(=O)n(Cc2sccc2Br)c(C)c1C(C)C(=O)O. The molecule has 5 nitrogen and oxygen atoms in total. The van der Waals surface area contributed by atoms with Crippen molar-refractivity contribution in [2.75, 3.05) is 0 Å². The molecule has 2 rings (SSSR count). The van der Waals surface area contributed by atoms with E-state index in [9.17, 15) is 14.7 Å². The number of carbonyl (C=O) groups is 1. The number of rotatable bonds is 4. The summed E-state index contributed by atoms with van der Waals surface area (Å²) >= 11 is 4.97. The summed E-state index contributed by atoms with van der Waals surface area (Å²) in [6.07, 6.45) is 0. The van der Waals surface area contributed by atoms with Gasteiger partial charge in [-0.3, -0.25) is 9.36 Å². The summed E-state index contributed by atoms with van der Waals surface area (Å²) in [5, 5.41) is 11.2. The third-order valence-electron chi connectivity index (χ3n) is 3.47. The Balaban J connectivity index is 2.57. The molecule has 0 amide bonds. The highest BCUT2D eigenvalue weighted by molar-refractivity contribution is 9.10. The molecule has 0 spiro atoms. The van der Waals surface area contributed by atoms with Crippen LogP contribution in [-0.2, 0) is 11.3 Å². The van der Waals surface area contributed by atoms with Crippen molar-refractivity contribution in [3.63, 3.8) is 0 Å². The zero-order valence-electron chi connectivity index (χ0n) is 11.9. The Morgan fingerprint density at radius 1 is 1.52 bits per heavy atom. The van der Waals surface area contributed by atoms with E-state index in [1.165, 1.54) is 15.9 Å². The number of aryl methyl sites for hydroxylation is 1. The van der Waals surface area contributed by atoms with Crippen LogP contribution in [0.1, 0.15) is 34.7 Å². The minimum Gasteiger partial charge on any atom is -0.481 e. The van der Waals surface area contributed by atoms with E-state index in [4.69, 9.17) is 0 Å². The van der Waals surface area contributed by atoms with Gasteiger partial charge in [0.1, 0.15) is 0 Å². The van der Waals surface area contributed by atoms with Crippen LogP contribution in [0.4, 0.5) is 0 Å². The molecule has 1 N–H and O–H groups in total. The summed E-state index contributed by atoms with van der Waals surface area (Å²) in [4.78, 5) is 28.4. The number of aromatic nitrogens is 2. The van der Waals surface area contributed by atoms with Crippen molar-refractivity contribution < 1.29 is 9.90 Å². The average Bonchev–Trinajstić information content (AvgIpc) is 2.79. The van der Waals surface area contributed by atoms with E-state index in [0.29, 0.717) is 23.5 Å². The second kappa shape index (κ2) is 6.11. The molecule has 2 aromatic heterocycles. The highest BCUT2D eigenvalue weighted by atomic mass is 79.9. The van der Waals surface area contributed by atoms with Crippen LogP contribution in [0, 0.1) is 13.8 Å². The number of hydrogen-bond donors (Lipinski definition) is 1. The van der Waals surface area contributed by atoms with Gasteiger partial charge in [-0.05, 0) is 48.1 Å². The highest BCUT2D eigenvalue weighted by Gasteiger charge is 2.22. The molecule has 1 unspecified atom stereocenters. The van der Waals surface area contributed by atoms with Crippen molar-refractivity contribution in [1.82, 2.24) is 9.55 Å². The molecule has 7 heteroatoms. The van der Waals surface area contributed by atoms with E-state index >= 15 is 0 Å². The maximum absolute atomic E-state index is 12.1. The quantitative estimate of drug-likeness (QED) is 0.897. The summed E-state index contributed by atoms with van der Waals surface area (Å²) in [5.41, 5.74) is 1.39. The summed E-state index contributed by atoms with van der Waals surface area (Å²) < 4.78 is 2.46. The maximum Gasteiger partial charge on any atom is 0.348 e.